The number of benzene rings is 3. The van der Waals surface area contributed by atoms with E-state index in [0.717, 1.165) is 39.9 Å². The average molecular weight is 406 g/mol. The summed E-state index contributed by atoms with van der Waals surface area (Å²) in [7, 11) is 1.61. The molecule has 4 aromatic rings. The minimum Gasteiger partial charge on any atom is -0.497 e. The predicted octanol–water partition coefficient (Wildman–Crippen LogP) is 5.02. The van der Waals surface area contributed by atoms with Crippen LogP contribution < -0.4 is 10.1 Å². The van der Waals surface area contributed by atoms with Crippen LogP contribution in [0.3, 0.4) is 0 Å². The third-order valence-electron chi connectivity index (χ3n) is 5.16. The maximum atomic E-state index is 13.5. The topological polar surface area (TPSA) is 54.1 Å². The molecule has 0 aliphatic heterocycles. The van der Waals surface area contributed by atoms with Gasteiger partial charge in [-0.2, -0.15) is 0 Å². The first kappa shape index (κ1) is 19.6. The molecule has 1 aromatic heterocycles. The Morgan fingerprint density at radius 3 is 2.53 bits per heavy atom. The first-order valence-corrected chi connectivity index (χ1v) is 9.50. The maximum Gasteiger partial charge on any atom is 0.251 e. The van der Waals surface area contributed by atoms with Crippen molar-refractivity contribution in [3.05, 3.63) is 101 Å². The molecule has 30 heavy (non-hydrogen) atoms. The van der Waals surface area contributed by atoms with Crippen LogP contribution in [0.25, 0.3) is 10.9 Å². The van der Waals surface area contributed by atoms with Crippen molar-refractivity contribution in [1.29, 1.82) is 0 Å². The van der Waals surface area contributed by atoms with Crippen molar-refractivity contribution in [2.75, 3.05) is 13.7 Å². The summed E-state index contributed by atoms with van der Waals surface area (Å²) in [5.41, 5.74) is 3.09. The van der Waals surface area contributed by atoms with Gasteiger partial charge >= 0.3 is 0 Å². The molecular formula is C24H20F2N2O2. The zero-order valence-electron chi connectivity index (χ0n) is 16.3. The van der Waals surface area contributed by atoms with E-state index in [-0.39, 0.29) is 18.0 Å². The Morgan fingerprint density at radius 1 is 1.03 bits per heavy atom. The standard InChI is InChI=1S/C24H20F2N2O2/c1-30-17-9-6-15(7-10-17)19(20-14-27-23-5-3-2-4-18(20)23)13-28-24(29)16-8-11-21(25)22(26)12-16/h2-12,14,19,27H,13H2,1H3,(H,28,29). The minimum absolute atomic E-state index is 0.0707. The lowest BCUT2D eigenvalue weighted by molar-refractivity contribution is 0.0952. The van der Waals surface area contributed by atoms with E-state index in [9.17, 15) is 13.6 Å². The molecular weight excluding hydrogens is 386 g/mol. The fraction of sp³-hybridized carbons (Fsp3) is 0.125. The number of hydrogen-bond acceptors (Lipinski definition) is 2. The number of aromatic amines is 1. The van der Waals surface area contributed by atoms with Crippen LogP contribution >= 0.6 is 0 Å². The van der Waals surface area contributed by atoms with Crippen molar-refractivity contribution in [1.82, 2.24) is 10.3 Å². The van der Waals surface area contributed by atoms with Crippen LogP contribution in [-0.2, 0) is 0 Å². The Hall–Kier alpha value is -3.67. The molecule has 2 N–H and O–H groups in total. The summed E-state index contributed by atoms with van der Waals surface area (Å²) in [6.45, 7) is 0.284. The van der Waals surface area contributed by atoms with E-state index in [1.165, 1.54) is 6.07 Å². The largest absolute Gasteiger partial charge is 0.497 e. The number of ether oxygens (including phenoxy) is 1. The molecule has 0 fully saturated rings. The van der Waals surface area contributed by atoms with Crippen molar-refractivity contribution in [3.8, 4) is 5.75 Å². The van der Waals surface area contributed by atoms with Gasteiger partial charge in [-0.25, -0.2) is 8.78 Å². The SMILES string of the molecule is COc1ccc(C(CNC(=O)c2ccc(F)c(F)c2)c2c[nH]c3ccccc23)cc1. The lowest BCUT2D eigenvalue weighted by Crippen LogP contribution is -2.29. The van der Waals surface area contributed by atoms with Gasteiger partial charge in [-0.1, -0.05) is 30.3 Å². The zero-order chi connectivity index (χ0) is 21.1. The number of fused-ring (bicyclic) bond motifs is 1. The average Bonchev–Trinajstić information content (AvgIpc) is 3.20. The maximum absolute atomic E-state index is 13.5. The molecule has 1 atom stereocenters. The highest BCUT2D eigenvalue weighted by Gasteiger charge is 2.20. The van der Waals surface area contributed by atoms with Crippen LogP contribution in [0.2, 0.25) is 0 Å². The van der Waals surface area contributed by atoms with Gasteiger partial charge in [0.15, 0.2) is 11.6 Å². The number of amides is 1. The number of halogens is 2. The highest BCUT2D eigenvalue weighted by atomic mass is 19.2. The van der Waals surface area contributed by atoms with Crippen LogP contribution in [-0.4, -0.2) is 24.5 Å². The molecule has 1 unspecified atom stereocenters. The third kappa shape index (κ3) is 3.89. The van der Waals surface area contributed by atoms with Crippen LogP contribution in [0.5, 0.6) is 5.75 Å². The van der Waals surface area contributed by atoms with Gasteiger partial charge in [0.25, 0.3) is 5.91 Å². The molecule has 0 bridgehead atoms. The zero-order valence-corrected chi connectivity index (χ0v) is 16.3. The van der Waals surface area contributed by atoms with Gasteiger partial charge in [0, 0.05) is 35.1 Å². The van der Waals surface area contributed by atoms with Gasteiger partial charge in [-0.15, -0.1) is 0 Å². The van der Waals surface area contributed by atoms with Gasteiger partial charge < -0.3 is 15.0 Å². The molecule has 0 saturated heterocycles. The number of carbonyl (C=O) groups excluding carboxylic acids is 1. The summed E-state index contributed by atoms with van der Waals surface area (Å²) in [5.74, 6) is -1.91. The van der Waals surface area contributed by atoms with Crippen molar-refractivity contribution < 1.29 is 18.3 Å². The Labute approximate surface area is 172 Å². The van der Waals surface area contributed by atoms with E-state index in [4.69, 9.17) is 4.74 Å². The molecule has 0 aliphatic carbocycles. The number of carbonyl (C=O) groups is 1. The third-order valence-corrected chi connectivity index (χ3v) is 5.16. The molecule has 6 heteroatoms. The Balaban J connectivity index is 1.64. The molecule has 4 nitrogen and oxygen atoms in total. The molecule has 1 heterocycles. The summed E-state index contributed by atoms with van der Waals surface area (Å²) >= 11 is 0. The van der Waals surface area contributed by atoms with Crippen molar-refractivity contribution in [3.63, 3.8) is 0 Å². The molecule has 0 aliphatic rings. The summed E-state index contributed by atoms with van der Waals surface area (Å²) in [6.07, 6.45) is 1.93. The highest BCUT2D eigenvalue weighted by Crippen LogP contribution is 2.31. The smallest absolute Gasteiger partial charge is 0.251 e. The monoisotopic (exact) mass is 406 g/mol. The van der Waals surface area contributed by atoms with Gasteiger partial charge in [0.1, 0.15) is 5.75 Å². The summed E-state index contributed by atoms with van der Waals surface area (Å²) in [4.78, 5) is 15.8. The molecule has 0 saturated carbocycles. The molecule has 3 aromatic carbocycles. The second-order valence-electron chi connectivity index (χ2n) is 6.95. The van der Waals surface area contributed by atoms with Crippen LogP contribution in [0.15, 0.2) is 72.9 Å². The number of aromatic nitrogens is 1. The van der Waals surface area contributed by atoms with Crippen LogP contribution in [0.1, 0.15) is 27.4 Å². The second-order valence-corrected chi connectivity index (χ2v) is 6.95. The minimum atomic E-state index is -1.05. The van der Waals surface area contributed by atoms with E-state index < -0.39 is 17.5 Å². The molecule has 152 valence electrons. The second kappa shape index (κ2) is 8.37. The van der Waals surface area contributed by atoms with Crippen molar-refractivity contribution in [2.45, 2.75) is 5.92 Å². The fourth-order valence-electron chi connectivity index (χ4n) is 3.56. The number of para-hydroxylation sites is 1. The van der Waals surface area contributed by atoms with E-state index in [1.807, 2.05) is 54.7 Å². The lowest BCUT2D eigenvalue weighted by Gasteiger charge is -2.19. The van der Waals surface area contributed by atoms with Gasteiger partial charge in [0.05, 0.1) is 7.11 Å². The van der Waals surface area contributed by atoms with Crippen LogP contribution in [0, 0.1) is 11.6 Å². The summed E-state index contributed by atoms with van der Waals surface area (Å²) in [6, 6.07) is 18.7. The Morgan fingerprint density at radius 2 is 1.80 bits per heavy atom. The van der Waals surface area contributed by atoms with Crippen molar-refractivity contribution >= 4 is 16.8 Å². The van der Waals surface area contributed by atoms with Crippen LogP contribution in [0.4, 0.5) is 8.78 Å². The van der Waals surface area contributed by atoms with Gasteiger partial charge in [-0.05, 0) is 47.5 Å². The number of rotatable bonds is 6. The lowest BCUT2D eigenvalue weighted by atomic mass is 9.90. The highest BCUT2D eigenvalue weighted by molar-refractivity contribution is 5.94. The van der Waals surface area contributed by atoms with Gasteiger partial charge in [-0.3, -0.25) is 4.79 Å². The molecule has 0 radical (unpaired) electrons. The number of methoxy groups -OCH3 is 1. The molecule has 4 rings (SSSR count). The first-order valence-electron chi connectivity index (χ1n) is 9.50. The summed E-state index contributed by atoms with van der Waals surface area (Å²) < 4.78 is 31.9. The fourth-order valence-corrected chi connectivity index (χ4v) is 3.56. The van der Waals surface area contributed by atoms with E-state index in [1.54, 1.807) is 7.11 Å². The predicted molar refractivity (Wildman–Crippen MR) is 112 cm³/mol. The molecule has 1 amide bonds. The normalized spacial score (nSPS) is 12.0. The van der Waals surface area contributed by atoms with Gasteiger partial charge in [0.2, 0.25) is 0 Å². The number of hydrogen-bond donors (Lipinski definition) is 2. The van der Waals surface area contributed by atoms with E-state index in [0.29, 0.717) is 0 Å². The Bertz CT molecular complexity index is 1190. The quantitative estimate of drug-likeness (QED) is 0.473. The number of H-pyrrole nitrogens is 1. The summed E-state index contributed by atoms with van der Waals surface area (Å²) in [5, 5.41) is 3.91. The first-order chi connectivity index (χ1) is 14.6. The number of nitrogens with one attached hydrogen (secondary N) is 2. The van der Waals surface area contributed by atoms with E-state index in [2.05, 4.69) is 10.3 Å². The molecule has 0 spiro atoms. The van der Waals surface area contributed by atoms with Crippen molar-refractivity contribution in [2.24, 2.45) is 0 Å². The van der Waals surface area contributed by atoms with E-state index >= 15 is 0 Å². The Kier molecular flexibility index (Phi) is 5.48.